The van der Waals surface area contributed by atoms with E-state index in [1.165, 1.54) is 0 Å². The van der Waals surface area contributed by atoms with Crippen LogP contribution < -0.4 is 0 Å². The minimum atomic E-state index is -1.46. The van der Waals surface area contributed by atoms with E-state index < -0.39 is 31.3 Å². The number of rotatable bonds is 5. The molecule has 0 aliphatic carbocycles. The Bertz CT molecular complexity index is 142. The first kappa shape index (κ1) is 9.92. The van der Waals surface area contributed by atoms with E-state index in [9.17, 15) is 10.2 Å². The molecule has 4 N–H and O–H groups in total. The van der Waals surface area contributed by atoms with E-state index in [2.05, 4.69) is 0 Å². The summed E-state index contributed by atoms with van der Waals surface area (Å²) in [5.74, 6) is -0.115. The van der Waals surface area contributed by atoms with Gasteiger partial charge >= 0.3 is 0 Å². The number of aliphatic hydroxyl groups excluding tert-OH is 4. The van der Waals surface area contributed by atoms with Gasteiger partial charge in [0.25, 0.3) is 0 Å². The molecule has 0 saturated carbocycles. The summed E-state index contributed by atoms with van der Waals surface area (Å²) < 4.78 is 7.43. The molecule has 2 unspecified atom stereocenters. The average Bonchev–Trinajstić information content (AvgIpc) is 2.12. The fourth-order valence-corrected chi connectivity index (χ4v) is 0.844. The summed E-state index contributed by atoms with van der Waals surface area (Å²) in [6.45, 7) is 2.85. The lowest BCUT2D eigenvalue weighted by Gasteiger charge is -2.22. The first-order chi connectivity index (χ1) is 5.91. The van der Waals surface area contributed by atoms with Gasteiger partial charge < -0.3 is 20.4 Å². The van der Waals surface area contributed by atoms with Gasteiger partial charge in [0.1, 0.15) is 12.2 Å². The van der Waals surface area contributed by atoms with E-state index in [1.54, 1.807) is 13.8 Å². The number of hydrogen-bond acceptors (Lipinski definition) is 4. The van der Waals surface area contributed by atoms with Crippen molar-refractivity contribution in [1.82, 2.24) is 0 Å². The molecule has 0 aromatic rings. The number of hydrogen-bond donors (Lipinski definition) is 4. The molecule has 74 valence electrons. The summed E-state index contributed by atoms with van der Waals surface area (Å²) in [4.78, 5) is 0. The molecule has 0 aromatic carbocycles. The van der Waals surface area contributed by atoms with Crippen molar-refractivity contribution in [3.8, 4) is 0 Å². The third-order valence-corrected chi connectivity index (χ3v) is 1.51. The molecule has 4 atom stereocenters. The van der Waals surface area contributed by atoms with Crippen LogP contribution in [0, 0.1) is 5.92 Å². The molecular weight excluding hydrogens is 160 g/mol. The van der Waals surface area contributed by atoms with Crippen LogP contribution in [-0.2, 0) is 0 Å². The third kappa shape index (κ3) is 4.01. The van der Waals surface area contributed by atoms with E-state index >= 15 is 0 Å². The fraction of sp³-hybridized carbons (Fsp3) is 1.00. The second-order valence-electron chi connectivity index (χ2n) is 3.17. The van der Waals surface area contributed by atoms with Gasteiger partial charge in [-0.3, -0.25) is 0 Å². The van der Waals surface area contributed by atoms with Crippen molar-refractivity contribution in [3.05, 3.63) is 0 Å². The second-order valence-corrected chi connectivity index (χ2v) is 3.17. The molecule has 4 heteroatoms. The topological polar surface area (TPSA) is 80.9 Å². The first-order valence-electron chi connectivity index (χ1n) is 4.56. The molecule has 0 spiro atoms. The summed E-state index contributed by atoms with van der Waals surface area (Å²) in [5, 5.41) is 36.1. The van der Waals surface area contributed by atoms with Crippen LogP contribution in [0.4, 0.5) is 0 Å². The lowest BCUT2D eigenvalue weighted by atomic mass is 9.99. The Kier molecular flexibility index (Phi) is 4.53. The van der Waals surface area contributed by atoms with Crippen molar-refractivity contribution in [2.24, 2.45) is 5.92 Å². The highest BCUT2D eigenvalue weighted by Gasteiger charge is 2.24. The summed E-state index contributed by atoms with van der Waals surface area (Å²) in [5.41, 5.74) is 0. The van der Waals surface area contributed by atoms with Crippen LogP contribution in [-0.4, -0.2) is 45.3 Å². The largest absolute Gasteiger partial charge is 0.394 e. The zero-order valence-electron chi connectivity index (χ0n) is 8.38. The molecule has 0 saturated heterocycles. The van der Waals surface area contributed by atoms with Crippen LogP contribution >= 0.6 is 0 Å². The van der Waals surface area contributed by atoms with Gasteiger partial charge in [-0.15, -0.1) is 0 Å². The van der Waals surface area contributed by atoms with Gasteiger partial charge in [-0.1, -0.05) is 13.8 Å². The molecule has 0 aliphatic heterocycles. The highest BCUT2D eigenvalue weighted by Crippen LogP contribution is 2.10. The molecule has 0 heterocycles. The second kappa shape index (κ2) is 5.48. The van der Waals surface area contributed by atoms with Crippen LogP contribution in [0.25, 0.3) is 0 Å². The molecule has 0 fully saturated rings. The molecule has 0 aliphatic rings. The Balaban J connectivity index is 4.15. The standard InChI is InChI=1S/C8H18O4/c1-5(2)3-6(10)8(12)7(11)4-9/h5-12H,3-4H2,1-2H3/t6?,7-,8-/m1/s1/i3D/t3?,6?,7-,8-. The lowest BCUT2D eigenvalue weighted by molar-refractivity contribution is -0.0812. The summed E-state index contributed by atoms with van der Waals surface area (Å²) in [7, 11) is 0. The normalized spacial score (nSPS) is 23.1. The monoisotopic (exact) mass is 179 g/mol. The first-order valence-corrected chi connectivity index (χ1v) is 3.99. The lowest BCUT2D eigenvalue weighted by Crippen LogP contribution is -2.40. The SMILES string of the molecule is [2H]C(C(C)C)C(O)[C@@H](O)[C@H](O)CO. The molecule has 0 rings (SSSR count). The van der Waals surface area contributed by atoms with Gasteiger partial charge in [0, 0.05) is 1.37 Å². The van der Waals surface area contributed by atoms with Gasteiger partial charge in [0.15, 0.2) is 0 Å². The van der Waals surface area contributed by atoms with Gasteiger partial charge in [-0.25, -0.2) is 0 Å². The quantitative estimate of drug-likeness (QED) is 0.441. The summed E-state index contributed by atoms with van der Waals surface area (Å²) in [6, 6.07) is 0. The zero-order chi connectivity index (χ0) is 10.6. The minimum Gasteiger partial charge on any atom is -0.394 e. The fourth-order valence-electron chi connectivity index (χ4n) is 0.844. The maximum absolute atomic E-state index is 9.35. The Morgan fingerprint density at radius 1 is 1.17 bits per heavy atom. The van der Waals surface area contributed by atoms with Crippen molar-refractivity contribution in [3.63, 3.8) is 0 Å². The molecule has 0 bridgehead atoms. The highest BCUT2D eigenvalue weighted by molar-refractivity contribution is 4.75. The molecule has 0 amide bonds. The van der Waals surface area contributed by atoms with Gasteiger partial charge in [0.2, 0.25) is 0 Å². The van der Waals surface area contributed by atoms with Crippen LogP contribution in [0.1, 0.15) is 21.6 Å². The maximum Gasteiger partial charge on any atom is 0.108 e. The Labute approximate surface area is 73.9 Å². The Morgan fingerprint density at radius 3 is 2.00 bits per heavy atom. The third-order valence-electron chi connectivity index (χ3n) is 1.51. The maximum atomic E-state index is 9.35. The smallest absolute Gasteiger partial charge is 0.108 e. The van der Waals surface area contributed by atoms with Crippen molar-refractivity contribution in [2.45, 2.75) is 38.6 Å². The molecular formula is C8H18O4. The van der Waals surface area contributed by atoms with E-state index in [1.807, 2.05) is 0 Å². The van der Waals surface area contributed by atoms with Gasteiger partial charge in [-0.2, -0.15) is 0 Å². The predicted octanol–water partition coefficient (Wildman–Crippen LogP) is -0.893. The van der Waals surface area contributed by atoms with Crippen LogP contribution in [0.2, 0.25) is 0 Å². The molecule has 12 heavy (non-hydrogen) atoms. The van der Waals surface area contributed by atoms with Crippen molar-refractivity contribution in [2.75, 3.05) is 6.61 Å². The van der Waals surface area contributed by atoms with Crippen molar-refractivity contribution in [1.29, 1.82) is 0 Å². The van der Waals surface area contributed by atoms with Gasteiger partial charge in [0.05, 0.1) is 12.7 Å². The van der Waals surface area contributed by atoms with Crippen molar-refractivity contribution >= 4 is 0 Å². The Hall–Kier alpha value is -0.160. The molecule has 0 radical (unpaired) electrons. The number of aliphatic hydroxyl groups is 4. The van der Waals surface area contributed by atoms with E-state index in [4.69, 9.17) is 11.6 Å². The van der Waals surface area contributed by atoms with E-state index in [0.717, 1.165) is 0 Å². The molecule has 0 aromatic heterocycles. The van der Waals surface area contributed by atoms with Crippen LogP contribution in [0.15, 0.2) is 0 Å². The summed E-state index contributed by atoms with van der Waals surface area (Å²) >= 11 is 0. The van der Waals surface area contributed by atoms with Crippen LogP contribution in [0.3, 0.4) is 0 Å². The van der Waals surface area contributed by atoms with E-state index in [0.29, 0.717) is 0 Å². The molecule has 4 nitrogen and oxygen atoms in total. The highest BCUT2D eigenvalue weighted by atomic mass is 16.4. The van der Waals surface area contributed by atoms with E-state index in [-0.39, 0.29) is 5.92 Å². The van der Waals surface area contributed by atoms with Crippen molar-refractivity contribution < 1.29 is 21.8 Å². The minimum absolute atomic E-state index is 0.115. The van der Waals surface area contributed by atoms with Crippen LogP contribution in [0.5, 0.6) is 0 Å². The predicted molar refractivity (Wildman–Crippen MR) is 44.6 cm³/mol. The average molecular weight is 179 g/mol. The Morgan fingerprint density at radius 2 is 1.67 bits per heavy atom. The zero-order valence-corrected chi connectivity index (χ0v) is 7.38. The summed E-state index contributed by atoms with van der Waals surface area (Å²) in [6.07, 6.45) is -5.05. The van der Waals surface area contributed by atoms with Gasteiger partial charge in [-0.05, 0) is 12.3 Å².